The number of benzene rings is 1. The second kappa shape index (κ2) is 15.2. The van der Waals surface area contributed by atoms with Crippen LogP contribution < -0.4 is 15.4 Å². The Morgan fingerprint density at radius 2 is 1.74 bits per heavy atom. The highest BCUT2D eigenvalue weighted by Gasteiger charge is 2.62. The summed E-state index contributed by atoms with van der Waals surface area (Å²) in [5.41, 5.74) is -0.127. The molecule has 5 atom stereocenters. The number of fused-ring (bicyclic) bond motifs is 3. The largest absolute Gasteiger partial charge is 0.446 e. The van der Waals surface area contributed by atoms with Crippen LogP contribution in [0.25, 0.3) is 0 Å². The number of hydrogen-bond donors (Lipinski definition) is 3. The Labute approximate surface area is 307 Å². The van der Waals surface area contributed by atoms with Gasteiger partial charge in [-0.25, -0.2) is 22.4 Å². The number of rotatable bonds is 6. The molecule has 7 rings (SSSR count). The highest BCUT2D eigenvalue weighted by molar-refractivity contribution is 7.91. The van der Waals surface area contributed by atoms with E-state index in [2.05, 4.69) is 15.4 Å². The maximum atomic E-state index is 14.4. The number of nitrogens with one attached hydrogen (secondary N) is 3. The number of halogens is 1. The van der Waals surface area contributed by atoms with Crippen molar-refractivity contribution in [3.05, 3.63) is 47.3 Å². The van der Waals surface area contributed by atoms with Gasteiger partial charge in [0.05, 0.1) is 25.0 Å². The summed E-state index contributed by atoms with van der Waals surface area (Å²) >= 11 is 0. The third-order valence-electron chi connectivity index (χ3n) is 11.0. The predicted molar refractivity (Wildman–Crippen MR) is 185 cm³/mol. The molecule has 53 heavy (non-hydrogen) atoms. The molecule has 288 valence electrons. The normalized spacial score (nSPS) is 29.5. The van der Waals surface area contributed by atoms with Crippen molar-refractivity contribution in [2.45, 2.75) is 119 Å². The highest BCUT2D eigenvalue weighted by atomic mass is 32.2. The molecule has 0 bridgehead atoms. The summed E-state index contributed by atoms with van der Waals surface area (Å²) in [5.74, 6) is -3.02. The quantitative estimate of drug-likeness (QED) is 0.364. The fourth-order valence-electron chi connectivity index (χ4n) is 7.68. The van der Waals surface area contributed by atoms with Gasteiger partial charge in [0, 0.05) is 38.3 Å². The van der Waals surface area contributed by atoms with E-state index in [4.69, 9.17) is 14.2 Å². The Hall–Kier alpha value is -4.25. The lowest BCUT2D eigenvalue weighted by molar-refractivity contribution is -0.141. The van der Waals surface area contributed by atoms with Crippen molar-refractivity contribution in [2.75, 3.05) is 19.8 Å². The van der Waals surface area contributed by atoms with Crippen LogP contribution in [-0.2, 0) is 51.7 Å². The predicted octanol–water partition coefficient (Wildman–Crippen LogP) is 2.52. The topological polar surface area (TPSA) is 190 Å². The van der Waals surface area contributed by atoms with Crippen LogP contribution in [0.4, 0.5) is 14.0 Å². The molecule has 0 unspecified atom stereocenters. The Balaban J connectivity index is 1.12. The lowest BCUT2D eigenvalue weighted by atomic mass is 10.0. The summed E-state index contributed by atoms with van der Waals surface area (Å²) in [6, 6.07) is 2.00. The van der Waals surface area contributed by atoms with Crippen LogP contribution in [0.1, 0.15) is 81.8 Å². The number of ether oxygens (including phenoxy) is 3. The molecule has 4 aliphatic heterocycles. The molecule has 0 aromatic heterocycles. The zero-order chi connectivity index (χ0) is 37.3. The van der Waals surface area contributed by atoms with E-state index in [-0.39, 0.29) is 45.0 Å². The minimum absolute atomic E-state index is 0.115. The number of amides is 5. The average molecular weight is 760 g/mol. The van der Waals surface area contributed by atoms with Gasteiger partial charge >= 0.3 is 12.2 Å². The number of carbonyl (C=O) groups excluding carboxylic acids is 5. The molecule has 4 heterocycles. The van der Waals surface area contributed by atoms with Crippen LogP contribution >= 0.6 is 0 Å². The first-order valence-electron chi connectivity index (χ1n) is 18.5. The molecule has 15 nitrogen and oxygen atoms in total. The van der Waals surface area contributed by atoms with Gasteiger partial charge in [0.1, 0.15) is 35.6 Å². The first kappa shape index (κ1) is 37.1. The molecule has 2 saturated heterocycles. The standard InChI is InChI=1S/C36H46FN5O10S/c37-25-9-8-22-19-41(20-23(22)16-25)35(47)52-27-17-30-31(43)39-36(33(45)40-53(48,49)28-10-11-28)18-24(36)6-4-2-1-3-5-7-29(32(44)42(30)21-27)38-34(46)51-26-12-14-50-15-13-26/h4,6,8-9,16,24,26-30H,1-3,5,7,10-15,17-21H2,(H,38,46)(H,39,43)(H,40,45)/t24-,27-,29+,30+,36-/m1/s1. The average Bonchev–Trinajstić information content (AvgIpc) is 4.01. The number of carbonyl (C=O) groups is 5. The van der Waals surface area contributed by atoms with Gasteiger partial charge in [-0.05, 0) is 61.8 Å². The zero-order valence-corrected chi connectivity index (χ0v) is 30.2. The molecule has 4 fully saturated rings. The van der Waals surface area contributed by atoms with Gasteiger partial charge < -0.3 is 29.7 Å². The molecular weight excluding hydrogens is 713 g/mol. The maximum absolute atomic E-state index is 14.4. The van der Waals surface area contributed by atoms with E-state index in [0.717, 1.165) is 18.4 Å². The van der Waals surface area contributed by atoms with E-state index < -0.39 is 80.6 Å². The maximum Gasteiger partial charge on any atom is 0.410 e. The van der Waals surface area contributed by atoms with Crippen LogP contribution in [0.15, 0.2) is 30.4 Å². The molecule has 3 N–H and O–H groups in total. The second-order valence-electron chi connectivity index (χ2n) is 14.9. The van der Waals surface area contributed by atoms with Crippen molar-refractivity contribution in [3.63, 3.8) is 0 Å². The first-order chi connectivity index (χ1) is 25.4. The molecule has 5 amide bonds. The molecule has 17 heteroatoms. The molecule has 1 aromatic carbocycles. The van der Waals surface area contributed by atoms with Crippen LogP contribution in [0.5, 0.6) is 0 Å². The minimum Gasteiger partial charge on any atom is -0.446 e. The number of nitrogens with zero attached hydrogens (tertiary/aromatic N) is 2. The van der Waals surface area contributed by atoms with Crippen LogP contribution in [0, 0.1) is 11.7 Å². The third-order valence-corrected chi connectivity index (χ3v) is 12.8. The smallest absolute Gasteiger partial charge is 0.410 e. The summed E-state index contributed by atoms with van der Waals surface area (Å²) in [7, 11) is -3.92. The van der Waals surface area contributed by atoms with Gasteiger partial charge in [-0.1, -0.05) is 31.1 Å². The van der Waals surface area contributed by atoms with Crippen molar-refractivity contribution in [1.82, 2.24) is 25.2 Å². The van der Waals surface area contributed by atoms with Gasteiger partial charge in [-0.2, -0.15) is 0 Å². The summed E-state index contributed by atoms with van der Waals surface area (Å²) < 4.78 is 58.4. The Bertz CT molecular complexity index is 1770. The molecular formula is C36H46FN5O10S. The van der Waals surface area contributed by atoms with E-state index in [1.807, 2.05) is 12.2 Å². The Kier molecular flexibility index (Phi) is 10.7. The molecule has 6 aliphatic rings. The third kappa shape index (κ3) is 8.45. The number of allylic oxidation sites excluding steroid dienone is 1. The van der Waals surface area contributed by atoms with Crippen LogP contribution in [0.2, 0.25) is 0 Å². The van der Waals surface area contributed by atoms with E-state index in [1.165, 1.54) is 21.9 Å². The molecule has 2 aliphatic carbocycles. The Morgan fingerprint density at radius 3 is 2.51 bits per heavy atom. The van der Waals surface area contributed by atoms with Crippen LogP contribution in [-0.4, -0.2) is 103 Å². The summed E-state index contributed by atoms with van der Waals surface area (Å²) in [6.45, 7) is 1.05. The SMILES string of the molecule is O=C(N[C@H]1CCCCCC=C[C@@H]2C[C@@]2(C(=O)NS(=O)(=O)C2CC2)NC(=O)[C@@H]2C[C@@H](OC(=O)N3Cc4ccc(F)cc4C3)CN2C1=O)OC1CCOCC1. The van der Waals surface area contributed by atoms with Crippen molar-refractivity contribution in [2.24, 2.45) is 5.92 Å². The summed E-state index contributed by atoms with van der Waals surface area (Å²) in [5, 5.41) is 4.86. The van der Waals surface area contributed by atoms with Gasteiger partial charge in [-0.3, -0.25) is 24.0 Å². The van der Waals surface area contributed by atoms with Crippen molar-refractivity contribution in [3.8, 4) is 0 Å². The van der Waals surface area contributed by atoms with Gasteiger partial charge in [0.15, 0.2) is 0 Å². The van der Waals surface area contributed by atoms with Crippen LogP contribution in [0.3, 0.4) is 0 Å². The highest BCUT2D eigenvalue weighted by Crippen LogP contribution is 2.46. The molecule has 2 saturated carbocycles. The number of alkyl carbamates (subject to hydrolysis) is 1. The molecule has 0 spiro atoms. The van der Waals surface area contributed by atoms with Crippen molar-refractivity contribution in [1.29, 1.82) is 0 Å². The summed E-state index contributed by atoms with van der Waals surface area (Å²) in [6.07, 6.45) is 5.94. The molecule has 0 radical (unpaired) electrons. The lowest BCUT2D eigenvalue weighted by Gasteiger charge is -2.30. The van der Waals surface area contributed by atoms with E-state index in [0.29, 0.717) is 57.3 Å². The van der Waals surface area contributed by atoms with Crippen molar-refractivity contribution < 1.29 is 51.0 Å². The van der Waals surface area contributed by atoms with Gasteiger partial charge in [0.25, 0.3) is 5.91 Å². The fraction of sp³-hybridized carbons (Fsp3) is 0.639. The monoisotopic (exact) mass is 759 g/mol. The second-order valence-corrected chi connectivity index (χ2v) is 16.9. The Morgan fingerprint density at radius 1 is 0.962 bits per heavy atom. The van der Waals surface area contributed by atoms with E-state index in [1.54, 1.807) is 6.07 Å². The fourth-order valence-corrected chi connectivity index (χ4v) is 9.04. The van der Waals surface area contributed by atoms with E-state index >= 15 is 0 Å². The zero-order valence-electron chi connectivity index (χ0n) is 29.4. The molecule has 1 aromatic rings. The van der Waals surface area contributed by atoms with Gasteiger partial charge in [0.2, 0.25) is 21.8 Å². The summed E-state index contributed by atoms with van der Waals surface area (Å²) in [4.78, 5) is 71.3. The first-order valence-corrected chi connectivity index (χ1v) is 20.1. The number of hydrogen-bond acceptors (Lipinski definition) is 10. The minimum atomic E-state index is -3.92. The van der Waals surface area contributed by atoms with E-state index in [9.17, 15) is 36.8 Å². The van der Waals surface area contributed by atoms with Gasteiger partial charge in [-0.15, -0.1) is 0 Å². The number of sulfonamides is 1. The van der Waals surface area contributed by atoms with Crippen molar-refractivity contribution >= 4 is 39.9 Å². The lowest BCUT2D eigenvalue weighted by Crippen LogP contribution is -2.58.